The van der Waals surface area contributed by atoms with E-state index in [2.05, 4.69) is 5.32 Å². The average molecular weight is 261 g/mol. The fraction of sp³-hybridized carbons (Fsp3) is 0.143. The average Bonchev–Trinajstić information content (AvgIpc) is 2.33. The quantitative estimate of drug-likeness (QED) is 0.827. The molecule has 4 nitrogen and oxygen atoms in total. The smallest absolute Gasteiger partial charge is 0.290 e. The summed E-state index contributed by atoms with van der Waals surface area (Å²) in [7, 11) is 0. The number of hydrogen-bond donors (Lipinski definition) is 2. The van der Waals surface area contributed by atoms with Crippen molar-refractivity contribution in [1.82, 2.24) is 0 Å². The van der Waals surface area contributed by atoms with E-state index in [1.807, 2.05) is 0 Å². The number of anilines is 1. The number of benzene rings is 1. The second-order valence-corrected chi connectivity index (χ2v) is 4.27. The standard InChI is InChI=1S/C14H13FN2O2/c1-10-4-5-13(12(15)7-10)16-14(19)9-17-6-2-3-11(18)8-17/h2-8H,9H2,1H3,(H-,16,18,19)/p+1. The molecule has 0 aliphatic rings. The molecule has 0 radical (unpaired) electrons. The molecule has 98 valence electrons. The third kappa shape index (κ3) is 3.51. The van der Waals surface area contributed by atoms with Crippen molar-refractivity contribution in [2.45, 2.75) is 13.5 Å². The lowest BCUT2D eigenvalue weighted by atomic mass is 10.2. The number of pyridine rings is 1. The Balaban J connectivity index is 2.05. The summed E-state index contributed by atoms with van der Waals surface area (Å²) in [4.78, 5) is 11.8. The number of hydrogen-bond acceptors (Lipinski definition) is 2. The Morgan fingerprint density at radius 3 is 2.89 bits per heavy atom. The molecule has 2 aromatic rings. The number of aromatic hydroxyl groups is 1. The van der Waals surface area contributed by atoms with E-state index in [4.69, 9.17) is 0 Å². The molecule has 5 heteroatoms. The topological polar surface area (TPSA) is 53.2 Å². The van der Waals surface area contributed by atoms with Gasteiger partial charge >= 0.3 is 0 Å². The summed E-state index contributed by atoms with van der Waals surface area (Å²) >= 11 is 0. The lowest BCUT2D eigenvalue weighted by molar-refractivity contribution is -0.684. The van der Waals surface area contributed by atoms with Gasteiger partial charge in [-0.1, -0.05) is 6.07 Å². The minimum absolute atomic E-state index is 0.00170. The van der Waals surface area contributed by atoms with Gasteiger partial charge in [0.1, 0.15) is 5.82 Å². The van der Waals surface area contributed by atoms with Gasteiger partial charge < -0.3 is 10.4 Å². The van der Waals surface area contributed by atoms with Crippen molar-refractivity contribution >= 4 is 11.6 Å². The Bertz CT molecular complexity index is 614. The zero-order chi connectivity index (χ0) is 13.8. The van der Waals surface area contributed by atoms with Crippen LogP contribution in [0.3, 0.4) is 0 Å². The molecule has 2 rings (SSSR count). The molecule has 0 aliphatic carbocycles. The van der Waals surface area contributed by atoms with Crippen LogP contribution in [0, 0.1) is 12.7 Å². The second kappa shape index (κ2) is 5.48. The SMILES string of the molecule is Cc1ccc(NC(=O)C[n+]2cccc(O)c2)c(F)c1. The summed E-state index contributed by atoms with van der Waals surface area (Å²) in [5.41, 5.74) is 0.939. The van der Waals surface area contributed by atoms with Gasteiger partial charge in [0.2, 0.25) is 12.7 Å². The summed E-state index contributed by atoms with van der Waals surface area (Å²) in [5.74, 6) is -0.760. The maximum Gasteiger partial charge on any atom is 0.290 e. The molecule has 0 spiro atoms. The predicted molar refractivity (Wildman–Crippen MR) is 68.1 cm³/mol. The molecule has 2 N–H and O–H groups in total. The lowest BCUT2D eigenvalue weighted by Gasteiger charge is -2.05. The van der Waals surface area contributed by atoms with Crippen LogP contribution in [-0.2, 0) is 11.3 Å². The summed E-state index contributed by atoms with van der Waals surface area (Å²) in [6.07, 6.45) is 3.07. The van der Waals surface area contributed by atoms with Crippen molar-refractivity contribution in [3.63, 3.8) is 0 Å². The molecular weight excluding hydrogens is 247 g/mol. The van der Waals surface area contributed by atoms with Gasteiger partial charge in [-0.2, -0.15) is 4.57 Å². The Labute approximate surface area is 110 Å². The highest BCUT2D eigenvalue weighted by atomic mass is 19.1. The van der Waals surface area contributed by atoms with Gasteiger partial charge in [-0.05, 0) is 30.7 Å². The van der Waals surface area contributed by atoms with E-state index in [1.54, 1.807) is 25.3 Å². The van der Waals surface area contributed by atoms with Gasteiger partial charge in [-0.15, -0.1) is 0 Å². The summed E-state index contributed by atoms with van der Waals surface area (Å²) in [6, 6.07) is 7.73. The first-order valence-corrected chi connectivity index (χ1v) is 5.78. The van der Waals surface area contributed by atoms with Gasteiger partial charge in [0.15, 0.2) is 11.9 Å². The maximum absolute atomic E-state index is 13.6. The van der Waals surface area contributed by atoms with Crippen molar-refractivity contribution in [3.8, 4) is 5.75 Å². The fourth-order valence-corrected chi connectivity index (χ4v) is 1.68. The van der Waals surface area contributed by atoms with Crippen molar-refractivity contribution in [2.75, 3.05) is 5.32 Å². The van der Waals surface area contributed by atoms with E-state index in [9.17, 15) is 14.3 Å². The van der Waals surface area contributed by atoms with Crippen LogP contribution in [0.2, 0.25) is 0 Å². The Kier molecular flexibility index (Phi) is 3.75. The number of nitrogens with one attached hydrogen (secondary N) is 1. The number of aromatic nitrogens is 1. The number of carbonyl (C=O) groups is 1. The van der Waals surface area contributed by atoms with E-state index in [0.717, 1.165) is 5.56 Å². The maximum atomic E-state index is 13.6. The number of aryl methyl sites for hydroxylation is 1. The van der Waals surface area contributed by atoms with Crippen molar-refractivity contribution < 1.29 is 18.9 Å². The van der Waals surface area contributed by atoms with E-state index in [0.29, 0.717) is 0 Å². The second-order valence-electron chi connectivity index (χ2n) is 4.27. The molecule has 0 unspecified atom stereocenters. The summed E-state index contributed by atoms with van der Waals surface area (Å²) in [6.45, 7) is 1.78. The first kappa shape index (κ1) is 13.0. The summed E-state index contributed by atoms with van der Waals surface area (Å²) < 4.78 is 15.1. The largest absolute Gasteiger partial charge is 0.503 e. The van der Waals surface area contributed by atoms with Crippen LogP contribution >= 0.6 is 0 Å². The van der Waals surface area contributed by atoms with E-state index in [1.165, 1.54) is 29.0 Å². The number of halogens is 1. The molecule has 0 fully saturated rings. The van der Waals surface area contributed by atoms with Gasteiger partial charge in [0, 0.05) is 6.07 Å². The number of rotatable bonds is 3. The zero-order valence-electron chi connectivity index (χ0n) is 10.4. The number of nitrogens with zero attached hydrogens (tertiary/aromatic N) is 1. The minimum atomic E-state index is -0.464. The van der Waals surface area contributed by atoms with Gasteiger partial charge in [0.25, 0.3) is 5.91 Å². The highest BCUT2D eigenvalue weighted by Gasteiger charge is 2.12. The summed E-state index contributed by atoms with van der Waals surface area (Å²) in [5, 5.41) is 11.8. The van der Waals surface area contributed by atoms with Crippen LogP contribution in [-0.4, -0.2) is 11.0 Å². The van der Waals surface area contributed by atoms with E-state index >= 15 is 0 Å². The van der Waals surface area contributed by atoms with Crippen molar-refractivity contribution in [1.29, 1.82) is 0 Å². The predicted octanol–water partition coefficient (Wildman–Crippen LogP) is 1.77. The van der Waals surface area contributed by atoms with Crippen molar-refractivity contribution in [3.05, 3.63) is 54.1 Å². The van der Waals surface area contributed by atoms with Crippen molar-refractivity contribution in [2.24, 2.45) is 0 Å². The van der Waals surface area contributed by atoms with Gasteiger partial charge in [0.05, 0.1) is 5.69 Å². The minimum Gasteiger partial charge on any atom is -0.503 e. The van der Waals surface area contributed by atoms with Crippen LogP contribution in [0.25, 0.3) is 0 Å². The van der Waals surface area contributed by atoms with Crippen LogP contribution in [0.5, 0.6) is 5.75 Å². The molecule has 0 saturated heterocycles. The monoisotopic (exact) mass is 261 g/mol. The van der Waals surface area contributed by atoms with Gasteiger partial charge in [-0.3, -0.25) is 4.79 Å². The Morgan fingerprint density at radius 1 is 1.42 bits per heavy atom. The molecule has 1 heterocycles. The normalized spacial score (nSPS) is 10.2. The third-order valence-corrected chi connectivity index (χ3v) is 2.57. The van der Waals surface area contributed by atoms with E-state index in [-0.39, 0.29) is 23.9 Å². The molecule has 0 bridgehead atoms. The van der Waals surface area contributed by atoms with Crippen LogP contribution in [0.1, 0.15) is 5.56 Å². The highest BCUT2D eigenvalue weighted by Crippen LogP contribution is 2.14. The van der Waals surface area contributed by atoms with Crippen LogP contribution in [0.4, 0.5) is 10.1 Å². The number of carbonyl (C=O) groups excluding carboxylic acids is 1. The fourth-order valence-electron chi connectivity index (χ4n) is 1.68. The molecule has 0 aliphatic heterocycles. The highest BCUT2D eigenvalue weighted by molar-refractivity contribution is 5.89. The van der Waals surface area contributed by atoms with Gasteiger partial charge in [-0.25, -0.2) is 4.39 Å². The molecular formula is C14H14FN2O2+. The molecule has 0 atom stereocenters. The lowest BCUT2D eigenvalue weighted by Crippen LogP contribution is -2.39. The molecule has 1 aromatic carbocycles. The third-order valence-electron chi connectivity index (χ3n) is 2.57. The van der Waals surface area contributed by atoms with Crippen LogP contribution < -0.4 is 9.88 Å². The molecule has 1 aromatic heterocycles. The van der Waals surface area contributed by atoms with E-state index < -0.39 is 5.82 Å². The molecule has 0 saturated carbocycles. The first-order chi connectivity index (χ1) is 9.04. The molecule has 1 amide bonds. The Morgan fingerprint density at radius 2 is 2.21 bits per heavy atom. The first-order valence-electron chi connectivity index (χ1n) is 5.78. The Hall–Kier alpha value is -2.43. The number of amides is 1. The zero-order valence-corrected chi connectivity index (χ0v) is 10.4. The van der Waals surface area contributed by atoms with Crippen LogP contribution in [0.15, 0.2) is 42.7 Å². The molecule has 19 heavy (non-hydrogen) atoms.